The lowest BCUT2D eigenvalue weighted by Crippen LogP contribution is -2.38. The van der Waals surface area contributed by atoms with Crippen molar-refractivity contribution in [3.63, 3.8) is 0 Å². The van der Waals surface area contributed by atoms with Gasteiger partial charge in [-0.05, 0) is 43.0 Å². The summed E-state index contributed by atoms with van der Waals surface area (Å²) in [5.74, 6) is 1.22. The largest absolute Gasteiger partial charge is 0.457 e. The van der Waals surface area contributed by atoms with Gasteiger partial charge in [-0.2, -0.15) is 0 Å². The minimum atomic E-state index is -0.326. The highest BCUT2D eigenvalue weighted by Crippen LogP contribution is 2.32. The first kappa shape index (κ1) is 25.7. The molecule has 1 fully saturated rings. The molecule has 1 aliphatic heterocycles. The Balaban J connectivity index is 1.33. The quantitative estimate of drug-likeness (QED) is 0.255. The third kappa shape index (κ3) is 5.64. The van der Waals surface area contributed by atoms with Crippen molar-refractivity contribution in [2.45, 2.75) is 38.3 Å². The Morgan fingerprint density at radius 3 is 2.68 bits per heavy atom. The van der Waals surface area contributed by atoms with E-state index in [4.69, 9.17) is 26.8 Å². The maximum Gasteiger partial charge on any atom is 0.217 e. The highest BCUT2D eigenvalue weighted by Gasteiger charge is 2.28. The molecule has 4 N–H and O–H groups in total. The van der Waals surface area contributed by atoms with E-state index in [2.05, 4.69) is 20.3 Å². The molecule has 2 aromatic heterocycles. The van der Waals surface area contributed by atoms with Crippen molar-refractivity contribution in [2.75, 3.05) is 11.9 Å². The number of fused-ring (bicyclic) bond motifs is 1. The number of amides is 1. The number of carbonyl (C=O) groups is 2. The second-order valence-corrected chi connectivity index (χ2v) is 9.88. The molecule has 10 heteroatoms. The van der Waals surface area contributed by atoms with Gasteiger partial charge in [-0.15, -0.1) is 0 Å². The molecule has 0 radical (unpaired) electrons. The van der Waals surface area contributed by atoms with Crippen LogP contribution in [0.25, 0.3) is 11.0 Å². The van der Waals surface area contributed by atoms with Crippen molar-refractivity contribution in [3.8, 4) is 11.5 Å². The summed E-state index contributed by atoms with van der Waals surface area (Å²) in [6.07, 6.45) is 4.95. The first-order valence-electron chi connectivity index (χ1n) is 12.4. The zero-order valence-corrected chi connectivity index (χ0v) is 21.6. The van der Waals surface area contributed by atoms with E-state index in [1.54, 1.807) is 24.4 Å². The Bertz CT molecular complexity index is 1450. The van der Waals surface area contributed by atoms with Gasteiger partial charge in [0.25, 0.3) is 0 Å². The Hall–Kier alpha value is -3.95. The number of hydrogen-bond acceptors (Lipinski definition) is 7. The van der Waals surface area contributed by atoms with Crippen LogP contribution in [0, 0.1) is 5.92 Å². The molecule has 38 heavy (non-hydrogen) atoms. The lowest BCUT2D eigenvalue weighted by atomic mass is 9.93. The molecule has 196 valence electrons. The summed E-state index contributed by atoms with van der Waals surface area (Å²) < 4.78 is 11.9. The molecule has 9 nitrogen and oxygen atoms in total. The van der Waals surface area contributed by atoms with Gasteiger partial charge >= 0.3 is 0 Å². The number of carbonyl (C=O) groups excluding carboxylic acids is 2. The van der Waals surface area contributed by atoms with Crippen molar-refractivity contribution in [1.82, 2.24) is 15.0 Å². The number of primary amides is 1. The molecule has 0 spiro atoms. The predicted molar refractivity (Wildman–Crippen MR) is 145 cm³/mol. The van der Waals surface area contributed by atoms with Crippen molar-refractivity contribution in [3.05, 3.63) is 77.2 Å². The van der Waals surface area contributed by atoms with Crippen LogP contribution in [0.5, 0.6) is 11.5 Å². The topological polar surface area (TPSA) is 132 Å². The Kier molecular flexibility index (Phi) is 7.57. The van der Waals surface area contributed by atoms with Gasteiger partial charge in [-0.25, -0.2) is 9.97 Å². The van der Waals surface area contributed by atoms with Crippen molar-refractivity contribution >= 4 is 40.1 Å². The molecule has 1 amide bonds. The normalized spacial score (nSPS) is 18.2. The Labute approximate surface area is 224 Å². The number of nitrogens with zero attached hydrogens (tertiary/aromatic N) is 2. The fraction of sp³-hybridized carbons (Fsp3) is 0.286. The molecule has 2 aromatic carbocycles. The summed E-state index contributed by atoms with van der Waals surface area (Å²) in [4.78, 5) is 36.6. The SMILES string of the molecule is C[C@H](CC(N)=O)[C@@H]1CC[C@@H](Nc2ncnc3[nH]cc(C(=O)c4ccc(Oc5ccccc5)cc4Cl)c23)CO1. The number of halogens is 1. The number of aromatic amines is 1. The van der Waals surface area contributed by atoms with Crippen LogP contribution in [0.2, 0.25) is 5.02 Å². The van der Waals surface area contributed by atoms with Crippen LogP contribution in [0.3, 0.4) is 0 Å². The summed E-state index contributed by atoms with van der Waals surface area (Å²) >= 11 is 6.52. The van der Waals surface area contributed by atoms with Crippen LogP contribution >= 0.6 is 11.6 Å². The third-order valence-electron chi connectivity index (χ3n) is 6.69. The molecular formula is C28H28ClN5O4. The van der Waals surface area contributed by atoms with E-state index in [9.17, 15) is 9.59 Å². The second kappa shape index (κ2) is 11.2. The fourth-order valence-electron chi connectivity index (χ4n) is 4.74. The zero-order chi connectivity index (χ0) is 26.6. The molecule has 3 heterocycles. The minimum Gasteiger partial charge on any atom is -0.457 e. The fourth-order valence-corrected chi connectivity index (χ4v) is 5.00. The molecule has 0 saturated carbocycles. The Morgan fingerprint density at radius 2 is 1.97 bits per heavy atom. The number of benzene rings is 2. The lowest BCUT2D eigenvalue weighted by molar-refractivity contribution is -0.120. The molecule has 0 aliphatic carbocycles. The van der Waals surface area contributed by atoms with E-state index in [0.717, 1.165) is 12.8 Å². The number of nitrogens with one attached hydrogen (secondary N) is 2. The maximum absolute atomic E-state index is 13.6. The van der Waals surface area contributed by atoms with E-state index in [0.29, 0.717) is 52.5 Å². The first-order chi connectivity index (χ1) is 18.4. The lowest BCUT2D eigenvalue weighted by Gasteiger charge is -2.33. The number of nitrogens with two attached hydrogens (primary N) is 1. The van der Waals surface area contributed by atoms with E-state index in [-0.39, 0.29) is 34.8 Å². The van der Waals surface area contributed by atoms with Gasteiger partial charge in [-0.3, -0.25) is 9.59 Å². The molecule has 1 saturated heterocycles. The van der Waals surface area contributed by atoms with E-state index in [1.165, 1.54) is 6.33 Å². The summed E-state index contributed by atoms with van der Waals surface area (Å²) in [7, 11) is 0. The molecule has 1 aliphatic rings. The number of ether oxygens (including phenoxy) is 2. The van der Waals surface area contributed by atoms with Crippen molar-refractivity contribution in [2.24, 2.45) is 11.7 Å². The first-order valence-corrected chi connectivity index (χ1v) is 12.8. The van der Waals surface area contributed by atoms with Gasteiger partial charge in [0.15, 0.2) is 5.78 Å². The van der Waals surface area contributed by atoms with E-state index in [1.807, 2.05) is 37.3 Å². The maximum atomic E-state index is 13.6. The van der Waals surface area contributed by atoms with Crippen molar-refractivity contribution in [1.29, 1.82) is 0 Å². The average Bonchev–Trinajstić information content (AvgIpc) is 3.34. The number of aromatic nitrogens is 3. The van der Waals surface area contributed by atoms with E-state index < -0.39 is 0 Å². The highest BCUT2D eigenvalue weighted by molar-refractivity contribution is 6.35. The summed E-state index contributed by atoms with van der Waals surface area (Å²) in [5, 5.41) is 4.28. The van der Waals surface area contributed by atoms with Crippen LogP contribution < -0.4 is 15.8 Å². The van der Waals surface area contributed by atoms with Gasteiger partial charge < -0.3 is 25.5 Å². The third-order valence-corrected chi connectivity index (χ3v) is 7.00. The van der Waals surface area contributed by atoms with Crippen LogP contribution in [-0.2, 0) is 9.53 Å². The molecule has 0 bridgehead atoms. The second-order valence-electron chi connectivity index (χ2n) is 9.47. The number of hydrogen-bond donors (Lipinski definition) is 3. The smallest absolute Gasteiger partial charge is 0.217 e. The summed E-state index contributed by atoms with van der Waals surface area (Å²) in [5.41, 5.74) is 6.62. The van der Waals surface area contributed by atoms with E-state index >= 15 is 0 Å². The summed E-state index contributed by atoms with van der Waals surface area (Å²) in [6.45, 7) is 2.42. The minimum absolute atomic E-state index is 0.0130. The predicted octanol–water partition coefficient (Wildman–Crippen LogP) is 5.11. The zero-order valence-electron chi connectivity index (χ0n) is 20.8. The van der Waals surface area contributed by atoms with Crippen molar-refractivity contribution < 1.29 is 19.1 Å². The van der Waals surface area contributed by atoms with Crippen LogP contribution in [0.15, 0.2) is 61.1 Å². The number of para-hydroxylation sites is 1. The van der Waals surface area contributed by atoms with Crippen LogP contribution in [0.4, 0.5) is 5.82 Å². The standard InChI is InChI=1S/C28H28ClN5O4/c1-16(11-24(30)35)23-10-7-17(14-37-23)34-28-25-21(13-31-27(25)32-15-33-28)26(36)20-9-8-19(12-22(20)29)38-18-5-3-2-4-6-18/h2-6,8-9,12-13,15-17,23H,7,10-11,14H2,1H3,(H2,30,35)(H2,31,32,33,34)/t16-,17-,23+/m1/s1. The van der Waals surface area contributed by atoms with Crippen LogP contribution in [0.1, 0.15) is 42.1 Å². The average molecular weight is 534 g/mol. The Morgan fingerprint density at radius 1 is 1.16 bits per heavy atom. The molecular weight excluding hydrogens is 506 g/mol. The molecule has 0 unspecified atom stereocenters. The van der Waals surface area contributed by atoms with Gasteiger partial charge in [0.2, 0.25) is 5.91 Å². The summed E-state index contributed by atoms with van der Waals surface area (Å²) in [6, 6.07) is 14.3. The number of anilines is 1. The number of rotatable bonds is 9. The number of H-pyrrole nitrogens is 1. The monoisotopic (exact) mass is 533 g/mol. The number of ketones is 1. The van der Waals surface area contributed by atoms with Gasteiger partial charge in [0.1, 0.15) is 29.3 Å². The van der Waals surface area contributed by atoms with Gasteiger partial charge in [0, 0.05) is 24.2 Å². The van der Waals surface area contributed by atoms with Crippen LogP contribution in [-0.4, -0.2) is 45.4 Å². The van der Waals surface area contributed by atoms with Gasteiger partial charge in [-0.1, -0.05) is 36.7 Å². The molecule has 5 rings (SSSR count). The molecule has 3 atom stereocenters. The molecule has 4 aromatic rings. The van der Waals surface area contributed by atoms with Gasteiger partial charge in [0.05, 0.1) is 34.7 Å². The highest BCUT2D eigenvalue weighted by atomic mass is 35.5.